The van der Waals surface area contributed by atoms with E-state index in [2.05, 4.69) is 10.4 Å². The predicted molar refractivity (Wildman–Crippen MR) is 112 cm³/mol. The first-order chi connectivity index (χ1) is 14.0. The molecule has 29 heavy (non-hydrogen) atoms. The van der Waals surface area contributed by atoms with Crippen molar-refractivity contribution < 1.29 is 4.39 Å². The van der Waals surface area contributed by atoms with Crippen molar-refractivity contribution in [3.8, 4) is 16.9 Å². The van der Waals surface area contributed by atoms with Crippen LogP contribution in [0.1, 0.15) is 16.8 Å². The molecule has 0 bridgehead atoms. The van der Waals surface area contributed by atoms with E-state index in [0.717, 1.165) is 33.8 Å². The Labute approximate surface area is 173 Å². The molecule has 7 heteroatoms. The first-order valence-electron chi connectivity index (χ1n) is 9.30. The highest BCUT2D eigenvalue weighted by Crippen LogP contribution is 2.30. The van der Waals surface area contributed by atoms with Gasteiger partial charge in [-0.05, 0) is 37.3 Å². The van der Waals surface area contributed by atoms with E-state index in [9.17, 15) is 4.39 Å². The Balaban J connectivity index is 1.64. The summed E-state index contributed by atoms with van der Waals surface area (Å²) >= 11 is 6.43. The van der Waals surface area contributed by atoms with Gasteiger partial charge in [0.1, 0.15) is 5.82 Å². The van der Waals surface area contributed by atoms with E-state index in [1.54, 1.807) is 16.8 Å². The van der Waals surface area contributed by atoms with Gasteiger partial charge in [-0.2, -0.15) is 10.2 Å². The number of hydrogen-bond acceptors (Lipinski definition) is 3. The first-order valence-corrected chi connectivity index (χ1v) is 9.68. The summed E-state index contributed by atoms with van der Waals surface area (Å²) in [6, 6.07) is 13.9. The number of halogens is 2. The standard InChI is InChI=1S/C22H21ClFN5/c1-15-16(13-26-28(15)2)11-25-12-17-14-29(19-9-7-18(24)8-10-19)27-22(17)20-5-3-4-6-21(20)23/h3-10,13-14,25H,11-12H2,1-2H3. The number of nitrogens with one attached hydrogen (secondary N) is 1. The highest BCUT2D eigenvalue weighted by atomic mass is 35.5. The summed E-state index contributed by atoms with van der Waals surface area (Å²) in [6.07, 6.45) is 3.83. The molecule has 1 N–H and O–H groups in total. The molecular formula is C22H21ClFN5. The molecule has 0 spiro atoms. The molecule has 4 rings (SSSR count). The van der Waals surface area contributed by atoms with Crippen molar-refractivity contribution in [2.24, 2.45) is 7.05 Å². The van der Waals surface area contributed by atoms with Crippen LogP contribution in [0.2, 0.25) is 5.02 Å². The smallest absolute Gasteiger partial charge is 0.123 e. The SMILES string of the molecule is Cc1c(CNCc2cn(-c3ccc(F)cc3)nc2-c2ccccc2Cl)cnn1C. The lowest BCUT2D eigenvalue weighted by atomic mass is 10.1. The molecule has 0 aliphatic heterocycles. The van der Waals surface area contributed by atoms with Gasteiger partial charge in [-0.3, -0.25) is 4.68 Å². The van der Waals surface area contributed by atoms with Gasteiger partial charge in [-0.15, -0.1) is 0 Å². The number of aromatic nitrogens is 4. The molecule has 4 aromatic rings. The summed E-state index contributed by atoms with van der Waals surface area (Å²) in [6.45, 7) is 3.35. The second kappa shape index (κ2) is 8.19. The lowest BCUT2D eigenvalue weighted by molar-refractivity contribution is 0.627. The third kappa shape index (κ3) is 4.09. The molecule has 0 aliphatic rings. The molecule has 2 aromatic carbocycles. The molecule has 0 saturated carbocycles. The quantitative estimate of drug-likeness (QED) is 0.503. The van der Waals surface area contributed by atoms with Gasteiger partial charge in [0.2, 0.25) is 0 Å². The van der Waals surface area contributed by atoms with Crippen LogP contribution in [0.25, 0.3) is 16.9 Å². The van der Waals surface area contributed by atoms with E-state index in [0.29, 0.717) is 18.1 Å². The van der Waals surface area contributed by atoms with E-state index in [1.807, 2.05) is 55.3 Å². The summed E-state index contributed by atoms with van der Waals surface area (Å²) in [4.78, 5) is 0. The molecule has 0 radical (unpaired) electrons. The third-order valence-corrected chi connectivity index (χ3v) is 5.31. The number of hydrogen-bond donors (Lipinski definition) is 1. The van der Waals surface area contributed by atoms with Crippen LogP contribution in [0.3, 0.4) is 0 Å². The number of benzene rings is 2. The number of nitrogens with zero attached hydrogens (tertiary/aromatic N) is 4. The number of aryl methyl sites for hydroxylation is 1. The van der Waals surface area contributed by atoms with Crippen LogP contribution in [-0.2, 0) is 20.1 Å². The minimum atomic E-state index is -0.277. The molecule has 2 heterocycles. The highest BCUT2D eigenvalue weighted by Gasteiger charge is 2.15. The van der Waals surface area contributed by atoms with Crippen molar-refractivity contribution in [2.45, 2.75) is 20.0 Å². The fraction of sp³-hybridized carbons (Fsp3) is 0.182. The summed E-state index contributed by atoms with van der Waals surface area (Å²) in [7, 11) is 1.93. The van der Waals surface area contributed by atoms with Crippen LogP contribution in [0, 0.1) is 12.7 Å². The van der Waals surface area contributed by atoms with Gasteiger partial charge in [0.05, 0.1) is 22.6 Å². The zero-order valence-corrected chi connectivity index (χ0v) is 17.0. The Bertz CT molecular complexity index is 1130. The van der Waals surface area contributed by atoms with Crippen molar-refractivity contribution in [1.82, 2.24) is 24.9 Å². The molecular weight excluding hydrogens is 389 g/mol. The average Bonchev–Trinajstić information content (AvgIpc) is 3.27. The van der Waals surface area contributed by atoms with Crippen LogP contribution < -0.4 is 5.32 Å². The Morgan fingerprint density at radius 3 is 2.45 bits per heavy atom. The Hall–Kier alpha value is -2.96. The lowest BCUT2D eigenvalue weighted by Gasteiger charge is -2.06. The number of rotatable bonds is 6. The Morgan fingerprint density at radius 2 is 1.76 bits per heavy atom. The third-order valence-electron chi connectivity index (χ3n) is 4.98. The summed E-state index contributed by atoms with van der Waals surface area (Å²) in [5, 5.41) is 13.1. The van der Waals surface area contributed by atoms with Crippen LogP contribution >= 0.6 is 11.6 Å². The second-order valence-corrected chi connectivity index (χ2v) is 7.29. The molecule has 0 amide bonds. The van der Waals surface area contributed by atoms with Gasteiger partial charge in [0.25, 0.3) is 0 Å². The first kappa shape index (κ1) is 19.4. The largest absolute Gasteiger partial charge is 0.308 e. The van der Waals surface area contributed by atoms with Gasteiger partial charge in [0.15, 0.2) is 0 Å². The van der Waals surface area contributed by atoms with E-state index >= 15 is 0 Å². The van der Waals surface area contributed by atoms with Crippen molar-refractivity contribution in [2.75, 3.05) is 0 Å². The van der Waals surface area contributed by atoms with E-state index < -0.39 is 0 Å². The summed E-state index contributed by atoms with van der Waals surface area (Å²) in [5.74, 6) is -0.277. The predicted octanol–water partition coefficient (Wildman–Crippen LogP) is 4.66. The van der Waals surface area contributed by atoms with Gasteiger partial charge >= 0.3 is 0 Å². The van der Waals surface area contributed by atoms with E-state index in [1.165, 1.54) is 12.1 Å². The minimum absolute atomic E-state index is 0.277. The summed E-state index contributed by atoms with van der Waals surface area (Å²) in [5.41, 5.74) is 5.74. The zero-order chi connectivity index (χ0) is 20.4. The molecule has 2 aromatic heterocycles. The van der Waals surface area contributed by atoms with Gasteiger partial charge in [0, 0.05) is 48.7 Å². The Morgan fingerprint density at radius 1 is 1.03 bits per heavy atom. The molecule has 0 saturated heterocycles. The van der Waals surface area contributed by atoms with Crippen molar-refractivity contribution in [3.63, 3.8) is 0 Å². The molecule has 0 atom stereocenters. The van der Waals surface area contributed by atoms with Gasteiger partial charge in [-0.1, -0.05) is 29.8 Å². The highest BCUT2D eigenvalue weighted by molar-refractivity contribution is 6.33. The summed E-state index contributed by atoms with van der Waals surface area (Å²) < 4.78 is 16.9. The Kier molecular flexibility index (Phi) is 5.47. The molecule has 0 unspecified atom stereocenters. The maximum Gasteiger partial charge on any atom is 0.123 e. The average molecular weight is 410 g/mol. The van der Waals surface area contributed by atoms with Crippen LogP contribution in [0.5, 0.6) is 0 Å². The normalized spacial score (nSPS) is 11.2. The van der Waals surface area contributed by atoms with Crippen molar-refractivity contribution in [1.29, 1.82) is 0 Å². The minimum Gasteiger partial charge on any atom is -0.308 e. The monoisotopic (exact) mass is 409 g/mol. The second-order valence-electron chi connectivity index (χ2n) is 6.89. The maximum absolute atomic E-state index is 13.3. The molecule has 5 nitrogen and oxygen atoms in total. The maximum atomic E-state index is 13.3. The van der Waals surface area contributed by atoms with Crippen molar-refractivity contribution in [3.05, 3.63) is 88.6 Å². The fourth-order valence-corrected chi connectivity index (χ4v) is 3.42. The van der Waals surface area contributed by atoms with Gasteiger partial charge in [-0.25, -0.2) is 9.07 Å². The molecule has 0 fully saturated rings. The van der Waals surface area contributed by atoms with Crippen LogP contribution in [-0.4, -0.2) is 19.6 Å². The zero-order valence-electron chi connectivity index (χ0n) is 16.2. The van der Waals surface area contributed by atoms with E-state index in [4.69, 9.17) is 16.7 Å². The lowest BCUT2D eigenvalue weighted by Crippen LogP contribution is -2.13. The topological polar surface area (TPSA) is 47.7 Å². The molecule has 0 aliphatic carbocycles. The van der Waals surface area contributed by atoms with Crippen LogP contribution in [0.4, 0.5) is 4.39 Å². The van der Waals surface area contributed by atoms with Crippen LogP contribution in [0.15, 0.2) is 60.9 Å². The van der Waals surface area contributed by atoms with Crippen molar-refractivity contribution >= 4 is 11.6 Å². The van der Waals surface area contributed by atoms with E-state index in [-0.39, 0.29) is 5.82 Å². The van der Waals surface area contributed by atoms with Gasteiger partial charge < -0.3 is 5.32 Å². The molecule has 148 valence electrons. The fourth-order valence-electron chi connectivity index (χ4n) is 3.19.